The number of phenols is 1. The van der Waals surface area contributed by atoms with Gasteiger partial charge in [0.05, 0.1) is 0 Å². The lowest BCUT2D eigenvalue weighted by Crippen LogP contribution is -1.99. The molecule has 0 spiro atoms. The Morgan fingerprint density at radius 1 is 1.12 bits per heavy atom. The van der Waals surface area contributed by atoms with Crippen molar-refractivity contribution < 1.29 is 9.50 Å². The molecule has 4 heteroatoms. The van der Waals surface area contributed by atoms with E-state index in [1.54, 1.807) is 6.07 Å². The van der Waals surface area contributed by atoms with E-state index in [9.17, 15) is 9.50 Å². The first-order valence-corrected chi connectivity index (χ1v) is 6.19. The molecule has 0 unspecified atom stereocenters. The van der Waals surface area contributed by atoms with Crippen molar-refractivity contribution in [3.8, 4) is 5.75 Å². The molecule has 0 aliphatic carbocycles. The maximum atomic E-state index is 13.0. The molecule has 0 saturated carbocycles. The molecule has 0 fully saturated rings. The lowest BCUT2D eigenvalue weighted by atomic mass is 10.2. The van der Waals surface area contributed by atoms with Gasteiger partial charge in [-0.25, -0.2) is 4.39 Å². The predicted molar refractivity (Wildman–Crippen MR) is 74.6 cm³/mol. The van der Waals surface area contributed by atoms with Crippen molar-refractivity contribution in [1.29, 1.82) is 0 Å². The van der Waals surface area contributed by atoms with Crippen molar-refractivity contribution in [1.82, 2.24) is 0 Å². The van der Waals surface area contributed by atoms with Crippen LogP contribution in [0, 0.1) is 9.39 Å². The minimum Gasteiger partial charge on any atom is -0.508 e. The highest BCUT2D eigenvalue weighted by Crippen LogP contribution is 2.17. The summed E-state index contributed by atoms with van der Waals surface area (Å²) >= 11 is 2.23. The Labute approximate surface area is 113 Å². The first-order chi connectivity index (χ1) is 8.13. The summed E-state index contributed by atoms with van der Waals surface area (Å²) < 4.78 is 14.2. The second-order valence-electron chi connectivity index (χ2n) is 3.68. The number of aromatic hydroxyl groups is 1. The topological polar surface area (TPSA) is 32.3 Å². The molecule has 0 radical (unpaired) electrons. The van der Waals surface area contributed by atoms with Gasteiger partial charge in [-0.15, -0.1) is 0 Å². The summed E-state index contributed by atoms with van der Waals surface area (Å²) in [5.74, 6) is -0.478. The molecule has 0 amide bonds. The molecule has 0 aliphatic rings. The molecular formula is C13H11FINO. The standard InChI is InChI=1S/C13H11FINO/c14-10-5-9(6-13(17)7-10)8-16-12-3-1-11(15)2-4-12/h1-7,16-17H,8H2. The third-order valence-corrected chi connectivity index (χ3v) is 3.00. The molecule has 0 aliphatic heterocycles. The van der Waals surface area contributed by atoms with Crippen molar-refractivity contribution in [2.24, 2.45) is 0 Å². The summed E-state index contributed by atoms with van der Waals surface area (Å²) in [4.78, 5) is 0. The molecule has 0 aromatic heterocycles. The zero-order chi connectivity index (χ0) is 12.3. The Morgan fingerprint density at radius 2 is 1.82 bits per heavy atom. The van der Waals surface area contributed by atoms with Crippen molar-refractivity contribution in [2.45, 2.75) is 6.54 Å². The van der Waals surface area contributed by atoms with Crippen molar-refractivity contribution >= 4 is 28.3 Å². The first-order valence-electron chi connectivity index (χ1n) is 5.11. The van der Waals surface area contributed by atoms with E-state index in [-0.39, 0.29) is 5.75 Å². The molecule has 0 atom stereocenters. The molecule has 0 heterocycles. The highest BCUT2D eigenvalue weighted by molar-refractivity contribution is 14.1. The summed E-state index contributed by atoms with van der Waals surface area (Å²) in [6, 6.07) is 11.9. The van der Waals surface area contributed by atoms with Gasteiger partial charge < -0.3 is 10.4 Å². The van der Waals surface area contributed by atoms with Crippen LogP contribution in [0.5, 0.6) is 5.75 Å². The minimum atomic E-state index is -0.426. The first kappa shape index (κ1) is 12.2. The van der Waals surface area contributed by atoms with E-state index in [1.165, 1.54) is 6.07 Å². The molecule has 2 aromatic carbocycles. The lowest BCUT2D eigenvalue weighted by Gasteiger charge is -2.07. The summed E-state index contributed by atoms with van der Waals surface area (Å²) in [6.07, 6.45) is 0. The van der Waals surface area contributed by atoms with Crippen molar-refractivity contribution in [2.75, 3.05) is 5.32 Å². The van der Waals surface area contributed by atoms with Crippen LogP contribution < -0.4 is 5.32 Å². The van der Waals surface area contributed by atoms with Gasteiger partial charge in [0.1, 0.15) is 11.6 Å². The van der Waals surface area contributed by atoms with E-state index >= 15 is 0 Å². The second-order valence-corrected chi connectivity index (χ2v) is 4.92. The molecule has 2 aromatic rings. The third-order valence-electron chi connectivity index (χ3n) is 2.28. The van der Waals surface area contributed by atoms with Gasteiger partial charge in [-0.1, -0.05) is 0 Å². The summed E-state index contributed by atoms with van der Waals surface area (Å²) in [7, 11) is 0. The number of nitrogens with one attached hydrogen (secondary N) is 1. The molecule has 88 valence electrons. The van der Waals surface area contributed by atoms with Crippen LogP contribution in [0.1, 0.15) is 5.56 Å². The van der Waals surface area contributed by atoms with Crippen molar-refractivity contribution in [3.05, 3.63) is 57.4 Å². The minimum absolute atomic E-state index is 0.0515. The van der Waals surface area contributed by atoms with Gasteiger partial charge in [0, 0.05) is 21.9 Å². The Balaban J connectivity index is 2.04. The van der Waals surface area contributed by atoms with E-state index in [1.807, 2.05) is 24.3 Å². The summed E-state index contributed by atoms with van der Waals surface area (Å²) in [5.41, 5.74) is 1.68. The van der Waals surface area contributed by atoms with Gasteiger partial charge in [0.25, 0.3) is 0 Å². The van der Waals surface area contributed by atoms with Gasteiger partial charge >= 0.3 is 0 Å². The van der Waals surface area contributed by atoms with Gasteiger partial charge in [-0.05, 0) is 64.6 Å². The average Bonchev–Trinajstić information content (AvgIpc) is 2.27. The van der Waals surface area contributed by atoms with E-state index in [0.717, 1.165) is 15.3 Å². The summed E-state index contributed by atoms with van der Waals surface area (Å²) in [5, 5.41) is 12.4. The fraction of sp³-hybridized carbons (Fsp3) is 0.0769. The van der Waals surface area contributed by atoms with Crippen LogP contribution in [0.15, 0.2) is 42.5 Å². The van der Waals surface area contributed by atoms with Crippen LogP contribution in [0.2, 0.25) is 0 Å². The number of benzene rings is 2. The Morgan fingerprint density at radius 3 is 2.47 bits per heavy atom. The zero-order valence-electron chi connectivity index (χ0n) is 8.95. The van der Waals surface area contributed by atoms with E-state index in [0.29, 0.717) is 12.1 Å². The number of hydrogen-bond acceptors (Lipinski definition) is 2. The number of phenolic OH excluding ortho intramolecular Hbond substituents is 1. The van der Waals surface area contributed by atoms with Crippen LogP contribution in [0.25, 0.3) is 0 Å². The third kappa shape index (κ3) is 3.59. The van der Waals surface area contributed by atoms with Crippen LogP contribution in [-0.4, -0.2) is 5.11 Å². The molecule has 0 bridgehead atoms. The summed E-state index contributed by atoms with van der Waals surface area (Å²) in [6.45, 7) is 0.478. The van der Waals surface area contributed by atoms with Crippen LogP contribution in [0.3, 0.4) is 0 Å². The number of anilines is 1. The van der Waals surface area contributed by atoms with Crippen LogP contribution in [-0.2, 0) is 6.54 Å². The van der Waals surface area contributed by atoms with Crippen LogP contribution >= 0.6 is 22.6 Å². The Bertz CT molecular complexity index is 493. The number of rotatable bonds is 3. The smallest absolute Gasteiger partial charge is 0.127 e. The quantitative estimate of drug-likeness (QED) is 0.832. The SMILES string of the molecule is Oc1cc(F)cc(CNc2ccc(I)cc2)c1. The number of hydrogen-bond donors (Lipinski definition) is 2. The average molecular weight is 343 g/mol. The molecule has 2 N–H and O–H groups in total. The lowest BCUT2D eigenvalue weighted by molar-refractivity contribution is 0.468. The monoisotopic (exact) mass is 343 g/mol. The second kappa shape index (κ2) is 5.35. The van der Waals surface area contributed by atoms with E-state index in [2.05, 4.69) is 27.9 Å². The fourth-order valence-electron chi connectivity index (χ4n) is 1.51. The molecule has 2 rings (SSSR count). The van der Waals surface area contributed by atoms with Gasteiger partial charge in [0.15, 0.2) is 0 Å². The Hall–Kier alpha value is -1.30. The van der Waals surface area contributed by atoms with Gasteiger partial charge in [-0.3, -0.25) is 0 Å². The van der Waals surface area contributed by atoms with Crippen LogP contribution in [0.4, 0.5) is 10.1 Å². The molecule has 0 saturated heterocycles. The molecular weight excluding hydrogens is 332 g/mol. The van der Waals surface area contributed by atoms with Gasteiger partial charge in [0.2, 0.25) is 0 Å². The van der Waals surface area contributed by atoms with E-state index in [4.69, 9.17) is 0 Å². The van der Waals surface area contributed by atoms with Gasteiger partial charge in [-0.2, -0.15) is 0 Å². The number of halogens is 2. The largest absolute Gasteiger partial charge is 0.508 e. The zero-order valence-corrected chi connectivity index (χ0v) is 11.1. The predicted octanol–water partition coefficient (Wildman–Crippen LogP) is 3.75. The highest BCUT2D eigenvalue weighted by atomic mass is 127. The van der Waals surface area contributed by atoms with E-state index < -0.39 is 5.82 Å². The highest BCUT2D eigenvalue weighted by Gasteiger charge is 2.00. The maximum absolute atomic E-state index is 13.0. The Kier molecular flexibility index (Phi) is 3.83. The van der Waals surface area contributed by atoms with Crippen molar-refractivity contribution in [3.63, 3.8) is 0 Å². The normalized spacial score (nSPS) is 10.2. The fourth-order valence-corrected chi connectivity index (χ4v) is 1.87. The molecule has 17 heavy (non-hydrogen) atoms. The molecule has 2 nitrogen and oxygen atoms in total. The maximum Gasteiger partial charge on any atom is 0.127 e.